The van der Waals surface area contributed by atoms with Gasteiger partial charge in [0.25, 0.3) is 5.69 Å². The van der Waals surface area contributed by atoms with Crippen molar-refractivity contribution in [3.05, 3.63) is 161 Å². The van der Waals surface area contributed by atoms with E-state index in [4.69, 9.17) is 9.72 Å². The van der Waals surface area contributed by atoms with Crippen LogP contribution in [0.3, 0.4) is 0 Å². The number of pyridine rings is 5. The van der Waals surface area contributed by atoms with Gasteiger partial charge in [0.15, 0.2) is 75.8 Å². The summed E-state index contributed by atoms with van der Waals surface area (Å²) in [6, 6.07) is 26.0. The number of aromatic nitrogens is 5. The average molecular weight is 1180 g/mol. The zero-order chi connectivity index (χ0) is 56.4. The number of hydrogen-bond acceptors (Lipinski definition) is 4. The molecule has 7 aliphatic heterocycles. The fourth-order valence-electron chi connectivity index (χ4n) is 5.83. The fourth-order valence-corrected chi connectivity index (χ4v) is 5.83. The van der Waals surface area contributed by atoms with Gasteiger partial charge in [-0.15, -0.1) is 0 Å². The van der Waals surface area contributed by atoms with Crippen LogP contribution in [0.25, 0.3) is 22.3 Å². The molecule has 0 radical (unpaired) electrons. The van der Waals surface area contributed by atoms with E-state index in [0.717, 1.165) is 44.8 Å². The number of nitro groups is 1. The zero-order valence-corrected chi connectivity index (χ0v) is 39.3. The number of methoxy groups -OCH3 is 1. The molecule has 9 nitrogen and oxygen atoms in total. The molecule has 12 heterocycles. The second-order valence-corrected chi connectivity index (χ2v) is 22.7. The first-order valence-corrected chi connectivity index (χ1v) is 26.9. The van der Waals surface area contributed by atoms with Crippen LogP contribution in [-0.4, -0.2) is 17.0 Å². The molecule has 0 atom stereocenters. The normalized spacial score (nSPS) is 16.5. The van der Waals surface area contributed by atoms with Crippen molar-refractivity contribution in [3.8, 4) is 28.0 Å². The summed E-state index contributed by atoms with van der Waals surface area (Å²) >= 11 is 0. The van der Waals surface area contributed by atoms with Crippen molar-refractivity contribution < 1.29 is 129 Å². The average Bonchev–Trinajstić information content (AvgIpc) is 3.14. The third-order valence-electron chi connectivity index (χ3n) is 8.13. The molecule has 1 aromatic carbocycles. The fraction of sp³-hybridized carbons (Fsp3) is 0.139. The first kappa shape index (κ1) is 61.5. The molecule has 12 bridgehead atoms. The summed E-state index contributed by atoms with van der Waals surface area (Å²) in [7, 11) is -41.0. The van der Waals surface area contributed by atoms with Gasteiger partial charge in [-0.1, -0.05) is 6.07 Å². The van der Waals surface area contributed by atoms with Crippen LogP contribution in [0, 0.1) is 10.1 Å². The van der Waals surface area contributed by atoms with Crippen LogP contribution in [-0.2, 0) is 26.2 Å². The number of hydrogen-bond donors (Lipinski definition) is 0. The van der Waals surface area contributed by atoms with Gasteiger partial charge in [-0.2, -0.15) is 9.13 Å². The van der Waals surface area contributed by atoms with Crippen LogP contribution >= 0.6 is 31.2 Å². The Morgan fingerprint density at radius 2 is 0.644 bits per heavy atom. The summed E-state index contributed by atoms with van der Waals surface area (Å²) in [5, 5.41) is 11.9. The second-order valence-electron chi connectivity index (χ2n) is 15.0. The van der Waals surface area contributed by atoms with Crippen molar-refractivity contribution in [2.75, 3.05) is 7.11 Å². The molecule has 0 unspecified atom stereocenters. The van der Waals surface area contributed by atoms with Crippen LogP contribution in [0.5, 0.6) is 5.75 Å². The van der Waals surface area contributed by atoms with Crippen LogP contribution in [0.15, 0.2) is 128 Å². The van der Waals surface area contributed by atoms with Gasteiger partial charge in [0, 0.05) is 60.7 Å². The molecule has 5 aromatic heterocycles. The summed E-state index contributed by atoms with van der Waals surface area (Å²) in [6.45, 7) is 2.20. The molecule has 0 saturated heterocycles. The standard InChI is InChI=1S/C36H32N6O3.4F6P/c1-45-36-31-21-35(42(43)44)22-32(36)24-39-15-7-28(8-16-39)30-11-19-41(20-12-30)26-34-4-2-3-33(37-34)25-40-17-9-29(10-18-40)27-5-13-38(23-31)14-6-27;4*1-7(2,3,4,5)6/h2-22H,23-26H2,1H3;;;;/q+4;4*-1. The van der Waals surface area contributed by atoms with Crippen LogP contribution in [0.2, 0.25) is 0 Å². The summed E-state index contributed by atoms with van der Waals surface area (Å²) in [5.41, 5.74) is 7.88. The molecular weight excluding hydrogens is 1140 g/mol. The maximum absolute atomic E-state index is 11.9. The first-order valence-electron chi connectivity index (χ1n) is 18.8. The van der Waals surface area contributed by atoms with E-state index in [0.29, 0.717) is 31.9 Å². The molecule has 0 aliphatic carbocycles. The van der Waals surface area contributed by atoms with Gasteiger partial charge in [-0.3, -0.25) is 10.1 Å². The molecule has 0 N–H and O–H groups in total. The minimum absolute atomic E-state index is 0.0416. The number of benzene rings is 1. The molecule has 0 amide bonds. The third kappa shape index (κ3) is 33.5. The molecular formula is C36H32F24N6O3P4. The van der Waals surface area contributed by atoms with Crippen LogP contribution in [0.1, 0.15) is 22.5 Å². The first-order chi connectivity index (χ1) is 31.8. The van der Waals surface area contributed by atoms with Crippen molar-refractivity contribution in [3.63, 3.8) is 0 Å². The molecule has 7 aliphatic rings. The van der Waals surface area contributed by atoms with Crippen LogP contribution < -0.4 is 23.0 Å². The Hall–Kier alpha value is -5.79. The quantitative estimate of drug-likeness (QED) is 0.0568. The van der Waals surface area contributed by atoms with Gasteiger partial charge < -0.3 is 4.74 Å². The molecule has 6 aromatic rings. The van der Waals surface area contributed by atoms with E-state index < -0.39 is 31.2 Å². The molecule has 0 spiro atoms. The summed E-state index contributed by atoms with van der Waals surface area (Å²) in [4.78, 5) is 16.5. The predicted molar refractivity (Wildman–Crippen MR) is 219 cm³/mol. The molecule has 0 fully saturated rings. The SMILES string of the molecule is COc1c2cc([N+](=O)[O-])cc1C[n+]1ccc(cc1)-c1cc[n+](cc1)Cc1cccc(n1)C[n+]1ccc(cc1)-c1cc[n+](cc1)C2.F[P-](F)(F)(F)(F)F.F[P-](F)(F)(F)(F)F.F[P-](F)(F)(F)(F)F.F[P-](F)(F)(F)(F)F. The van der Waals surface area contributed by atoms with Crippen molar-refractivity contribution in [2.24, 2.45) is 0 Å². The zero-order valence-electron chi connectivity index (χ0n) is 35.7. The Kier molecular flexibility index (Phi) is 14.9. The van der Waals surface area contributed by atoms with E-state index in [1.165, 1.54) is 0 Å². The van der Waals surface area contributed by atoms with E-state index >= 15 is 0 Å². The maximum atomic E-state index is 11.9. The van der Waals surface area contributed by atoms with Crippen molar-refractivity contribution >= 4 is 36.9 Å². The van der Waals surface area contributed by atoms with E-state index in [9.17, 15) is 111 Å². The minimum atomic E-state index is -10.7. The van der Waals surface area contributed by atoms with Gasteiger partial charge in [-0.25, -0.2) is 14.1 Å². The van der Waals surface area contributed by atoms with E-state index in [1.807, 2.05) is 33.9 Å². The Balaban J connectivity index is 0.000000410. The van der Waals surface area contributed by atoms with Crippen molar-refractivity contribution in [1.82, 2.24) is 4.98 Å². The van der Waals surface area contributed by atoms with E-state index in [1.54, 1.807) is 19.2 Å². The molecule has 0 saturated carbocycles. The number of nitro benzene ring substituents is 1. The van der Waals surface area contributed by atoms with Crippen LogP contribution in [0.4, 0.5) is 106 Å². The topological polar surface area (TPSA) is 80.8 Å². The van der Waals surface area contributed by atoms with E-state index in [-0.39, 0.29) is 10.6 Å². The number of nitrogens with zero attached hydrogens (tertiary/aromatic N) is 6. The van der Waals surface area contributed by atoms with Gasteiger partial charge in [0.05, 0.1) is 23.2 Å². The number of rotatable bonds is 2. The molecule has 37 heteroatoms. The van der Waals surface area contributed by atoms with Crippen molar-refractivity contribution in [1.29, 1.82) is 0 Å². The Labute approximate surface area is 392 Å². The molecule has 13 rings (SSSR count). The third-order valence-corrected chi connectivity index (χ3v) is 8.13. The Bertz CT molecular complexity index is 2660. The second kappa shape index (κ2) is 17.7. The van der Waals surface area contributed by atoms with E-state index in [2.05, 4.69) is 101 Å². The summed E-state index contributed by atoms with van der Waals surface area (Å²) in [5.74, 6) is 0.648. The van der Waals surface area contributed by atoms with Gasteiger partial charge >= 0.3 is 132 Å². The summed E-state index contributed by atoms with van der Waals surface area (Å²) < 4.78 is 251. The Morgan fingerprint density at radius 1 is 0.425 bits per heavy atom. The summed E-state index contributed by atoms with van der Waals surface area (Å²) in [6.07, 6.45) is 16.3. The monoisotopic (exact) mass is 1180 g/mol. The number of halogens is 24. The number of ether oxygens (including phenoxy) is 1. The molecule has 73 heavy (non-hydrogen) atoms. The molecule has 412 valence electrons. The number of non-ortho nitro benzene ring substituents is 1. The van der Waals surface area contributed by atoms with Crippen molar-refractivity contribution in [2.45, 2.75) is 26.2 Å². The van der Waals surface area contributed by atoms with Gasteiger partial charge in [-0.05, 0) is 34.4 Å². The van der Waals surface area contributed by atoms with Gasteiger partial charge in [0.2, 0.25) is 0 Å². The predicted octanol–water partition coefficient (Wildman–Crippen LogP) is 17.5. The Morgan fingerprint density at radius 3 is 0.849 bits per heavy atom. The van der Waals surface area contributed by atoms with Gasteiger partial charge in [0.1, 0.15) is 17.1 Å².